The number of hydrogen-bond acceptors (Lipinski definition) is 5. The Hall–Kier alpha value is -2.91. The molecule has 1 aromatic carbocycles. The summed E-state index contributed by atoms with van der Waals surface area (Å²) >= 11 is 0. The van der Waals surface area contributed by atoms with Crippen molar-refractivity contribution in [2.24, 2.45) is 5.92 Å². The number of halogens is 3. The summed E-state index contributed by atoms with van der Waals surface area (Å²) in [5.41, 5.74) is -4.54. The van der Waals surface area contributed by atoms with Crippen LogP contribution in [-0.2, 0) is 10.9 Å². The number of aromatic nitrogens is 2. The molecule has 1 heterocycles. The first-order chi connectivity index (χ1) is 11.9. The molecule has 0 spiro atoms. The number of ketones is 1. The van der Waals surface area contributed by atoms with Crippen LogP contribution in [0.2, 0.25) is 0 Å². The minimum Gasteiger partial charge on any atom is -0.618 e. The van der Waals surface area contributed by atoms with Crippen LogP contribution in [0, 0.1) is 16.3 Å². The Morgan fingerprint density at radius 2 is 1.77 bits per heavy atom. The Bertz CT molecular complexity index is 894. The first-order valence-corrected chi connectivity index (χ1v) is 7.53. The Morgan fingerprint density at radius 1 is 1.15 bits per heavy atom. The zero-order valence-electron chi connectivity index (χ0n) is 14.1. The van der Waals surface area contributed by atoms with Gasteiger partial charge in [-0.15, -0.1) is 4.73 Å². The number of esters is 1. The second-order valence-corrected chi connectivity index (χ2v) is 6.04. The van der Waals surface area contributed by atoms with Gasteiger partial charge >= 0.3 is 23.5 Å². The smallest absolute Gasteiger partial charge is 0.486 e. The van der Waals surface area contributed by atoms with Gasteiger partial charge in [0.1, 0.15) is 0 Å². The number of ether oxygens (including phenoxy) is 1. The van der Waals surface area contributed by atoms with Gasteiger partial charge in [-0.3, -0.25) is 4.79 Å². The summed E-state index contributed by atoms with van der Waals surface area (Å²) in [6.07, 6.45) is -5.21. The first-order valence-electron chi connectivity index (χ1n) is 7.53. The average Bonchev–Trinajstić information content (AvgIpc) is 2.53. The Kier molecular flexibility index (Phi) is 5.06. The maximum absolute atomic E-state index is 13.2. The molecule has 0 aliphatic rings. The lowest BCUT2D eigenvalue weighted by Gasteiger charge is -2.13. The Labute approximate surface area is 145 Å². The van der Waals surface area contributed by atoms with E-state index in [1.54, 1.807) is 13.8 Å². The Balaban J connectivity index is 2.72. The molecule has 10 heteroatoms. The van der Waals surface area contributed by atoms with Crippen LogP contribution in [0.1, 0.15) is 47.3 Å². The number of nitrogens with zero attached hydrogens (tertiary/aromatic N) is 2. The van der Waals surface area contributed by atoms with Crippen LogP contribution in [-0.4, -0.2) is 18.4 Å². The minimum atomic E-state index is -5.21. The largest absolute Gasteiger partial charge is 0.618 e. The van der Waals surface area contributed by atoms with Crippen molar-refractivity contribution in [3.8, 4) is 0 Å². The highest BCUT2D eigenvalue weighted by Crippen LogP contribution is 2.29. The number of fused-ring (bicyclic) bond motifs is 1. The van der Waals surface area contributed by atoms with Crippen molar-refractivity contribution in [1.29, 1.82) is 0 Å². The van der Waals surface area contributed by atoms with E-state index >= 15 is 0 Å². The van der Waals surface area contributed by atoms with Crippen molar-refractivity contribution in [1.82, 2.24) is 0 Å². The molecule has 0 radical (unpaired) electrons. The summed E-state index contributed by atoms with van der Waals surface area (Å²) in [6.45, 7) is 4.45. The van der Waals surface area contributed by atoms with Gasteiger partial charge in [-0.1, -0.05) is 13.8 Å². The van der Waals surface area contributed by atoms with E-state index in [0.717, 1.165) is 25.1 Å². The lowest BCUT2D eigenvalue weighted by Crippen LogP contribution is -2.49. The van der Waals surface area contributed by atoms with Crippen LogP contribution in [0.4, 0.5) is 13.2 Å². The fraction of sp³-hybridized carbons (Fsp3) is 0.375. The highest BCUT2D eigenvalue weighted by molar-refractivity contribution is 5.94. The van der Waals surface area contributed by atoms with E-state index in [-0.39, 0.29) is 22.8 Å². The number of Topliss-reactive ketones (excluding diaryl/α,β-unsaturated/α-hetero) is 1. The van der Waals surface area contributed by atoms with E-state index in [1.165, 1.54) is 0 Å². The van der Waals surface area contributed by atoms with E-state index in [2.05, 4.69) is 0 Å². The summed E-state index contributed by atoms with van der Waals surface area (Å²) < 4.78 is 43.7. The zero-order valence-corrected chi connectivity index (χ0v) is 14.1. The zero-order chi connectivity index (χ0) is 19.8. The maximum Gasteiger partial charge on any atom is 0.486 e. The lowest BCUT2D eigenvalue weighted by molar-refractivity contribution is -0.647. The third kappa shape index (κ3) is 3.53. The lowest BCUT2D eigenvalue weighted by atomic mass is 10.1. The summed E-state index contributed by atoms with van der Waals surface area (Å²) in [7, 11) is 0. The summed E-state index contributed by atoms with van der Waals surface area (Å²) in [5, 5.41) is 24.4. The van der Waals surface area contributed by atoms with Crippen LogP contribution < -0.4 is 9.46 Å². The van der Waals surface area contributed by atoms with Gasteiger partial charge in [0, 0.05) is 19.1 Å². The molecule has 0 aliphatic heterocycles. The highest BCUT2D eigenvalue weighted by atomic mass is 19.4. The van der Waals surface area contributed by atoms with E-state index in [1.807, 2.05) is 0 Å². The first kappa shape index (κ1) is 19.4. The van der Waals surface area contributed by atoms with Gasteiger partial charge in [0.05, 0.1) is 12.2 Å². The molecular weight excluding hydrogens is 357 g/mol. The van der Waals surface area contributed by atoms with Gasteiger partial charge < -0.3 is 15.2 Å². The molecule has 1 aromatic heterocycles. The molecule has 0 amide bonds. The molecule has 0 N–H and O–H groups in total. The third-order valence-corrected chi connectivity index (χ3v) is 3.43. The number of alkyl halides is 3. The van der Waals surface area contributed by atoms with E-state index in [0.29, 0.717) is 0 Å². The molecule has 0 atom stereocenters. The fourth-order valence-electron chi connectivity index (χ4n) is 2.30. The molecule has 26 heavy (non-hydrogen) atoms. The quantitative estimate of drug-likeness (QED) is 0.355. The minimum absolute atomic E-state index is 0.0475. The SMILES string of the molecule is CC(=O)c1c(C(F)(F)F)[n+]([O-])c2ccc(C(=O)OCC(C)C)cc2[n+]1[O-]. The maximum atomic E-state index is 13.2. The van der Waals surface area contributed by atoms with Gasteiger partial charge in [0.2, 0.25) is 5.78 Å². The van der Waals surface area contributed by atoms with E-state index in [4.69, 9.17) is 4.74 Å². The van der Waals surface area contributed by atoms with Crippen molar-refractivity contribution >= 4 is 22.8 Å². The van der Waals surface area contributed by atoms with Crippen molar-refractivity contribution in [2.45, 2.75) is 26.9 Å². The van der Waals surface area contributed by atoms with Crippen LogP contribution in [0.3, 0.4) is 0 Å². The summed E-state index contributed by atoms with van der Waals surface area (Å²) in [4.78, 5) is 23.5. The van der Waals surface area contributed by atoms with Gasteiger partial charge in [-0.05, 0) is 12.0 Å². The molecule has 7 nitrogen and oxygen atoms in total. The van der Waals surface area contributed by atoms with Crippen molar-refractivity contribution < 1.29 is 37.0 Å². The molecule has 0 saturated heterocycles. The van der Waals surface area contributed by atoms with Crippen molar-refractivity contribution in [3.05, 3.63) is 45.6 Å². The van der Waals surface area contributed by atoms with Gasteiger partial charge in [-0.25, -0.2) is 4.79 Å². The standard InChI is InChI=1S/C16H15F3N2O5/c1-8(2)7-26-15(23)10-4-5-11-12(6-10)20(24)13(9(3)22)14(21(11)25)16(17,18)19/h4-6,8H,7H2,1-3H3. The second kappa shape index (κ2) is 6.77. The molecule has 0 aliphatic carbocycles. The van der Waals surface area contributed by atoms with Crippen LogP contribution >= 0.6 is 0 Å². The fourth-order valence-corrected chi connectivity index (χ4v) is 2.30. The number of carbonyl (C=O) groups excluding carboxylic acids is 2. The van der Waals surface area contributed by atoms with Crippen LogP contribution in [0.5, 0.6) is 0 Å². The molecular formula is C16H15F3N2O5. The molecule has 0 unspecified atom stereocenters. The second-order valence-electron chi connectivity index (χ2n) is 6.04. The van der Waals surface area contributed by atoms with Gasteiger partial charge in [0.25, 0.3) is 11.0 Å². The van der Waals surface area contributed by atoms with Crippen molar-refractivity contribution in [2.75, 3.05) is 6.61 Å². The normalized spacial score (nSPS) is 11.8. The number of carbonyl (C=O) groups is 2. The molecule has 2 rings (SSSR count). The molecule has 140 valence electrons. The topological polar surface area (TPSA) is 97.2 Å². The molecule has 2 aromatic rings. The van der Waals surface area contributed by atoms with Crippen LogP contribution in [0.15, 0.2) is 18.2 Å². The number of rotatable bonds is 4. The monoisotopic (exact) mass is 372 g/mol. The molecule has 0 fully saturated rings. The van der Waals surface area contributed by atoms with E-state index < -0.39 is 45.1 Å². The molecule has 0 bridgehead atoms. The predicted molar refractivity (Wildman–Crippen MR) is 82.0 cm³/mol. The summed E-state index contributed by atoms with van der Waals surface area (Å²) in [5.74, 6) is -1.99. The number of hydrogen-bond donors (Lipinski definition) is 0. The Morgan fingerprint density at radius 3 is 2.27 bits per heavy atom. The average molecular weight is 372 g/mol. The number of benzene rings is 1. The van der Waals surface area contributed by atoms with E-state index in [9.17, 15) is 33.2 Å². The predicted octanol–water partition coefficient (Wildman–Crippen LogP) is 2.14. The highest BCUT2D eigenvalue weighted by Gasteiger charge is 2.50. The van der Waals surface area contributed by atoms with Gasteiger partial charge in [0.15, 0.2) is 0 Å². The van der Waals surface area contributed by atoms with Crippen LogP contribution in [0.25, 0.3) is 11.0 Å². The molecule has 0 saturated carbocycles. The van der Waals surface area contributed by atoms with Crippen molar-refractivity contribution in [3.63, 3.8) is 0 Å². The van der Waals surface area contributed by atoms with Gasteiger partial charge in [-0.2, -0.15) is 17.9 Å². The third-order valence-electron chi connectivity index (χ3n) is 3.43. The summed E-state index contributed by atoms with van der Waals surface area (Å²) in [6, 6.07) is 2.90.